The Morgan fingerprint density at radius 1 is 1.30 bits per heavy atom. The quantitative estimate of drug-likeness (QED) is 0.744. The molecule has 0 spiro atoms. The summed E-state index contributed by atoms with van der Waals surface area (Å²) >= 11 is 0. The van der Waals surface area contributed by atoms with E-state index in [1.807, 2.05) is 0 Å². The van der Waals surface area contributed by atoms with Gasteiger partial charge in [-0.1, -0.05) is 0 Å². The molecule has 7 heteroatoms. The highest BCUT2D eigenvalue weighted by Crippen LogP contribution is 2.15. The number of hydrogen-bond acceptors (Lipinski definition) is 6. The molecule has 3 rings (SSSR count). The summed E-state index contributed by atoms with van der Waals surface area (Å²) in [6.07, 6.45) is 3.44. The molecule has 1 amide bonds. The van der Waals surface area contributed by atoms with Crippen LogP contribution >= 0.6 is 0 Å². The number of esters is 1. The van der Waals surface area contributed by atoms with Crippen molar-refractivity contribution in [1.29, 1.82) is 0 Å². The number of nitrogens with one attached hydrogen (secondary N) is 1. The summed E-state index contributed by atoms with van der Waals surface area (Å²) in [6, 6.07) is 8.13. The smallest absolute Gasteiger partial charge is 0.339 e. The number of carbonyl (C=O) groups excluding carboxylic acids is 2. The maximum absolute atomic E-state index is 12.1. The van der Waals surface area contributed by atoms with Crippen LogP contribution in [0.1, 0.15) is 17.3 Å². The van der Waals surface area contributed by atoms with Crippen LogP contribution in [0.15, 0.2) is 53.5 Å². The third-order valence-electron chi connectivity index (χ3n) is 3.15. The summed E-state index contributed by atoms with van der Waals surface area (Å²) in [5.74, 6) is -1.05. The van der Waals surface area contributed by atoms with Gasteiger partial charge in [0, 0.05) is 6.20 Å². The summed E-state index contributed by atoms with van der Waals surface area (Å²) in [5, 5.41) is 2.62. The first-order chi connectivity index (χ1) is 11.1. The van der Waals surface area contributed by atoms with E-state index in [1.54, 1.807) is 30.5 Å². The second kappa shape index (κ2) is 6.27. The first-order valence-corrected chi connectivity index (χ1v) is 6.88. The number of hydrogen-bond donors (Lipinski definition) is 1. The zero-order valence-electron chi connectivity index (χ0n) is 12.2. The van der Waals surface area contributed by atoms with E-state index >= 15 is 0 Å². The number of nitrogens with zero attached hydrogens (tertiary/aromatic N) is 2. The van der Waals surface area contributed by atoms with Gasteiger partial charge in [0.15, 0.2) is 18.1 Å². The Morgan fingerprint density at radius 3 is 2.96 bits per heavy atom. The fourth-order valence-corrected chi connectivity index (χ4v) is 1.94. The van der Waals surface area contributed by atoms with Crippen LogP contribution in [-0.2, 0) is 9.53 Å². The van der Waals surface area contributed by atoms with Gasteiger partial charge in [0.25, 0.3) is 5.91 Å². The van der Waals surface area contributed by atoms with Crippen LogP contribution < -0.4 is 5.32 Å². The van der Waals surface area contributed by atoms with Crippen molar-refractivity contribution in [2.75, 3.05) is 5.32 Å². The van der Waals surface area contributed by atoms with E-state index in [1.165, 1.54) is 25.6 Å². The average molecular weight is 311 g/mol. The lowest BCUT2D eigenvalue weighted by Gasteiger charge is -2.13. The SMILES string of the molecule is CC(OC(=O)c1ccc2ncoc2c1)C(=O)Nc1cccnc1. The minimum absolute atomic E-state index is 0.287. The molecule has 0 aliphatic carbocycles. The van der Waals surface area contributed by atoms with Crippen molar-refractivity contribution in [3.05, 3.63) is 54.7 Å². The lowest BCUT2D eigenvalue weighted by Crippen LogP contribution is -2.30. The van der Waals surface area contributed by atoms with Crippen molar-refractivity contribution in [3.63, 3.8) is 0 Å². The lowest BCUT2D eigenvalue weighted by atomic mass is 10.2. The maximum atomic E-state index is 12.1. The van der Waals surface area contributed by atoms with Crippen LogP contribution in [-0.4, -0.2) is 27.9 Å². The molecular formula is C16H13N3O4. The van der Waals surface area contributed by atoms with Crippen LogP contribution in [0.2, 0.25) is 0 Å². The predicted molar refractivity (Wildman–Crippen MR) is 81.8 cm³/mol. The number of ether oxygens (including phenoxy) is 1. The zero-order chi connectivity index (χ0) is 16.2. The predicted octanol–water partition coefficient (Wildman–Crippen LogP) is 2.41. The topological polar surface area (TPSA) is 94.3 Å². The van der Waals surface area contributed by atoms with Crippen molar-refractivity contribution in [3.8, 4) is 0 Å². The Morgan fingerprint density at radius 2 is 2.17 bits per heavy atom. The van der Waals surface area contributed by atoms with Crippen LogP contribution in [0.4, 0.5) is 5.69 Å². The second-order valence-electron chi connectivity index (χ2n) is 4.81. The molecule has 0 radical (unpaired) electrons. The number of fused-ring (bicyclic) bond motifs is 1. The third-order valence-corrected chi connectivity index (χ3v) is 3.15. The molecule has 1 unspecified atom stereocenters. The Kier molecular flexibility index (Phi) is 4.01. The molecule has 23 heavy (non-hydrogen) atoms. The van der Waals surface area contributed by atoms with E-state index in [0.29, 0.717) is 16.8 Å². The van der Waals surface area contributed by atoms with Gasteiger partial charge in [0.2, 0.25) is 0 Å². The number of oxazole rings is 1. The highest BCUT2D eigenvalue weighted by atomic mass is 16.5. The summed E-state index contributed by atoms with van der Waals surface area (Å²) in [7, 11) is 0. The number of rotatable bonds is 4. The van der Waals surface area contributed by atoms with E-state index in [0.717, 1.165) is 0 Å². The molecule has 2 aromatic heterocycles. The molecule has 2 heterocycles. The molecular weight excluding hydrogens is 298 g/mol. The first kappa shape index (κ1) is 14.7. The van der Waals surface area contributed by atoms with E-state index in [2.05, 4.69) is 15.3 Å². The van der Waals surface area contributed by atoms with E-state index in [9.17, 15) is 9.59 Å². The summed E-state index contributed by atoms with van der Waals surface area (Å²) in [6.45, 7) is 1.50. The van der Waals surface area contributed by atoms with E-state index < -0.39 is 18.0 Å². The lowest BCUT2D eigenvalue weighted by molar-refractivity contribution is -0.123. The van der Waals surface area contributed by atoms with Crippen LogP contribution in [0.25, 0.3) is 11.1 Å². The first-order valence-electron chi connectivity index (χ1n) is 6.88. The van der Waals surface area contributed by atoms with Crippen molar-refractivity contribution < 1.29 is 18.7 Å². The number of aromatic nitrogens is 2. The largest absolute Gasteiger partial charge is 0.449 e. The molecule has 7 nitrogen and oxygen atoms in total. The Hall–Kier alpha value is -3.22. The van der Waals surface area contributed by atoms with Crippen molar-refractivity contribution in [2.24, 2.45) is 0 Å². The van der Waals surface area contributed by atoms with Gasteiger partial charge in [-0.15, -0.1) is 0 Å². The number of carbonyl (C=O) groups is 2. The van der Waals surface area contributed by atoms with Gasteiger partial charge in [-0.05, 0) is 37.3 Å². The minimum atomic E-state index is -0.951. The molecule has 0 saturated carbocycles. The van der Waals surface area contributed by atoms with Gasteiger partial charge in [-0.25, -0.2) is 9.78 Å². The van der Waals surface area contributed by atoms with Crippen molar-refractivity contribution in [2.45, 2.75) is 13.0 Å². The van der Waals surface area contributed by atoms with E-state index in [-0.39, 0.29) is 5.56 Å². The van der Waals surface area contributed by atoms with Gasteiger partial charge in [0.1, 0.15) is 5.52 Å². The maximum Gasteiger partial charge on any atom is 0.339 e. The van der Waals surface area contributed by atoms with Gasteiger partial charge >= 0.3 is 5.97 Å². The van der Waals surface area contributed by atoms with Gasteiger partial charge < -0.3 is 14.5 Å². The molecule has 0 fully saturated rings. The summed E-state index contributed by atoms with van der Waals surface area (Å²) in [5.41, 5.74) is 1.94. The Labute approximate surface area is 131 Å². The van der Waals surface area contributed by atoms with Gasteiger partial charge in [-0.3, -0.25) is 9.78 Å². The summed E-state index contributed by atoms with van der Waals surface area (Å²) in [4.78, 5) is 32.0. The molecule has 0 bridgehead atoms. The normalized spacial score (nSPS) is 11.9. The zero-order valence-corrected chi connectivity index (χ0v) is 12.2. The number of pyridine rings is 1. The molecule has 0 aliphatic rings. The molecule has 1 aromatic carbocycles. The molecule has 0 aliphatic heterocycles. The molecule has 0 saturated heterocycles. The van der Waals surface area contributed by atoms with Crippen LogP contribution in [0, 0.1) is 0 Å². The number of anilines is 1. The fraction of sp³-hybridized carbons (Fsp3) is 0.125. The van der Waals surface area contributed by atoms with Crippen molar-refractivity contribution in [1.82, 2.24) is 9.97 Å². The number of amides is 1. The van der Waals surface area contributed by atoms with E-state index in [4.69, 9.17) is 9.15 Å². The number of benzene rings is 1. The fourth-order valence-electron chi connectivity index (χ4n) is 1.94. The average Bonchev–Trinajstić information content (AvgIpc) is 3.03. The summed E-state index contributed by atoms with van der Waals surface area (Å²) < 4.78 is 10.3. The molecule has 1 atom stereocenters. The Bertz CT molecular complexity index is 845. The van der Waals surface area contributed by atoms with Crippen LogP contribution in [0.5, 0.6) is 0 Å². The molecule has 1 N–H and O–H groups in total. The standard InChI is InChI=1S/C16H13N3O4/c1-10(15(20)19-12-3-2-6-17-8-12)23-16(21)11-4-5-13-14(7-11)22-9-18-13/h2-10H,1H3,(H,19,20). The second-order valence-corrected chi connectivity index (χ2v) is 4.81. The minimum Gasteiger partial charge on any atom is -0.449 e. The highest BCUT2D eigenvalue weighted by Gasteiger charge is 2.19. The van der Waals surface area contributed by atoms with Crippen LogP contribution in [0.3, 0.4) is 0 Å². The van der Waals surface area contributed by atoms with Crippen molar-refractivity contribution >= 4 is 28.7 Å². The monoisotopic (exact) mass is 311 g/mol. The van der Waals surface area contributed by atoms with Gasteiger partial charge in [-0.2, -0.15) is 0 Å². The third kappa shape index (κ3) is 3.34. The highest BCUT2D eigenvalue weighted by molar-refractivity contribution is 5.98. The Balaban J connectivity index is 1.65. The van der Waals surface area contributed by atoms with Gasteiger partial charge in [0.05, 0.1) is 17.4 Å². The molecule has 116 valence electrons. The molecule has 3 aromatic rings.